The van der Waals surface area contributed by atoms with E-state index in [1.165, 1.54) is 0 Å². The fourth-order valence-electron chi connectivity index (χ4n) is 3.72. The van der Waals surface area contributed by atoms with E-state index < -0.39 is 6.04 Å². The van der Waals surface area contributed by atoms with Crippen molar-refractivity contribution in [3.63, 3.8) is 0 Å². The van der Waals surface area contributed by atoms with E-state index in [-0.39, 0.29) is 5.91 Å². The van der Waals surface area contributed by atoms with Crippen LogP contribution in [0.3, 0.4) is 0 Å². The highest BCUT2D eigenvalue weighted by Gasteiger charge is 2.34. The molecule has 7 nitrogen and oxygen atoms in total. The van der Waals surface area contributed by atoms with Crippen molar-refractivity contribution >= 4 is 40.9 Å². The number of para-hydroxylation sites is 2. The maximum absolute atomic E-state index is 13.6. The average molecular weight is 484 g/mol. The SMILES string of the molecule is CCCCSc1nc2n(n1)C(c1cccc(Cl)c1)C(C(=O)Nc1ccccc1OC)=C(C)N2. The zero-order valence-electron chi connectivity index (χ0n) is 18.8. The predicted molar refractivity (Wildman–Crippen MR) is 133 cm³/mol. The lowest BCUT2D eigenvalue weighted by Crippen LogP contribution is -2.31. The van der Waals surface area contributed by atoms with Gasteiger partial charge in [-0.15, -0.1) is 5.10 Å². The number of rotatable bonds is 8. The van der Waals surface area contributed by atoms with Gasteiger partial charge in [0.25, 0.3) is 5.91 Å². The highest BCUT2D eigenvalue weighted by molar-refractivity contribution is 7.99. The molecule has 0 saturated heterocycles. The highest BCUT2D eigenvalue weighted by Crippen LogP contribution is 2.38. The quantitative estimate of drug-likeness (QED) is 0.313. The average Bonchev–Trinajstić information content (AvgIpc) is 3.20. The molecule has 1 aromatic heterocycles. The number of methoxy groups -OCH3 is 1. The van der Waals surface area contributed by atoms with Crippen LogP contribution >= 0.6 is 23.4 Å². The summed E-state index contributed by atoms with van der Waals surface area (Å²) in [5, 5.41) is 12.3. The van der Waals surface area contributed by atoms with E-state index in [0.717, 1.165) is 24.2 Å². The Kier molecular flexibility index (Phi) is 7.25. The minimum Gasteiger partial charge on any atom is -0.495 e. The summed E-state index contributed by atoms with van der Waals surface area (Å²) in [5.74, 6) is 1.87. The largest absolute Gasteiger partial charge is 0.495 e. The first-order chi connectivity index (χ1) is 16.0. The van der Waals surface area contributed by atoms with E-state index in [9.17, 15) is 4.79 Å². The Labute approximate surface area is 202 Å². The van der Waals surface area contributed by atoms with Gasteiger partial charge in [-0.25, -0.2) is 4.68 Å². The van der Waals surface area contributed by atoms with Crippen molar-refractivity contribution in [1.29, 1.82) is 0 Å². The molecule has 2 aromatic carbocycles. The summed E-state index contributed by atoms with van der Waals surface area (Å²) in [4.78, 5) is 18.2. The second-order valence-corrected chi connectivity index (χ2v) is 9.14. The first-order valence-corrected chi connectivity index (χ1v) is 12.1. The van der Waals surface area contributed by atoms with Crippen molar-refractivity contribution in [3.05, 3.63) is 70.4 Å². The van der Waals surface area contributed by atoms with Gasteiger partial charge in [0, 0.05) is 16.5 Å². The molecule has 1 unspecified atom stereocenters. The van der Waals surface area contributed by atoms with Crippen LogP contribution in [0.4, 0.5) is 11.6 Å². The van der Waals surface area contributed by atoms with Gasteiger partial charge in [-0.3, -0.25) is 4.79 Å². The monoisotopic (exact) mass is 483 g/mol. The van der Waals surface area contributed by atoms with Gasteiger partial charge in [-0.2, -0.15) is 4.98 Å². The number of hydrogen-bond donors (Lipinski definition) is 2. The number of halogens is 1. The molecule has 2 N–H and O–H groups in total. The summed E-state index contributed by atoms with van der Waals surface area (Å²) in [7, 11) is 1.58. The fraction of sp³-hybridized carbons (Fsp3) is 0.292. The lowest BCUT2D eigenvalue weighted by Gasteiger charge is -2.29. The Bertz CT molecular complexity index is 1190. The molecule has 2 heterocycles. The Morgan fingerprint density at radius 3 is 2.85 bits per heavy atom. The molecule has 1 aliphatic rings. The third-order valence-electron chi connectivity index (χ3n) is 5.33. The number of allylic oxidation sites excluding steroid dienone is 1. The number of carbonyl (C=O) groups is 1. The topological polar surface area (TPSA) is 81.1 Å². The minimum absolute atomic E-state index is 0.254. The van der Waals surface area contributed by atoms with Crippen LogP contribution in [0.5, 0.6) is 5.75 Å². The van der Waals surface area contributed by atoms with Gasteiger partial charge < -0.3 is 15.4 Å². The lowest BCUT2D eigenvalue weighted by atomic mass is 9.95. The molecule has 0 spiro atoms. The minimum atomic E-state index is -0.484. The maximum atomic E-state index is 13.6. The van der Waals surface area contributed by atoms with Gasteiger partial charge >= 0.3 is 0 Å². The van der Waals surface area contributed by atoms with Gasteiger partial charge in [-0.05, 0) is 43.2 Å². The van der Waals surface area contributed by atoms with Crippen LogP contribution < -0.4 is 15.4 Å². The van der Waals surface area contributed by atoms with E-state index in [1.54, 1.807) is 35.7 Å². The number of thioether (sulfide) groups is 1. The normalized spacial score (nSPS) is 15.1. The van der Waals surface area contributed by atoms with E-state index >= 15 is 0 Å². The van der Waals surface area contributed by atoms with Crippen molar-refractivity contribution in [2.45, 2.75) is 37.9 Å². The van der Waals surface area contributed by atoms with Gasteiger partial charge in [-0.1, -0.05) is 61.0 Å². The smallest absolute Gasteiger partial charge is 0.255 e. The summed E-state index contributed by atoms with van der Waals surface area (Å²) < 4.78 is 7.17. The number of hydrogen-bond acceptors (Lipinski definition) is 6. The van der Waals surface area contributed by atoms with Crippen molar-refractivity contribution in [2.75, 3.05) is 23.5 Å². The first kappa shape index (κ1) is 23.2. The van der Waals surface area contributed by atoms with Crippen LogP contribution in [0.15, 0.2) is 65.0 Å². The lowest BCUT2D eigenvalue weighted by molar-refractivity contribution is -0.113. The molecule has 172 valence electrons. The third kappa shape index (κ3) is 5.02. The summed E-state index contributed by atoms with van der Waals surface area (Å²) in [5.41, 5.74) is 2.68. The van der Waals surface area contributed by atoms with Crippen LogP contribution in [-0.2, 0) is 4.79 Å². The third-order valence-corrected chi connectivity index (χ3v) is 6.49. The number of nitrogens with zero attached hydrogens (tertiary/aromatic N) is 3. The molecule has 0 saturated carbocycles. The molecule has 9 heteroatoms. The molecule has 4 rings (SSSR count). The van der Waals surface area contributed by atoms with Crippen LogP contribution in [0.1, 0.15) is 38.3 Å². The molecule has 0 bridgehead atoms. The summed E-state index contributed by atoms with van der Waals surface area (Å²) in [6, 6.07) is 14.3. The van der Waals surface area contributed by atoms with Crippen molar-refractivity contribution in [3.8, 4) is 5.75 Å². The second kappa shape index (κ2) is 10.3. The molecule has 3 aromatic rings. The number of benzene rings is 2. The molecular formula is C24H26ClN5O2S. The summed E-state index contributed by atoms with van der Waals surface area (Å²) in [6.45, 7) is 4.03. The predicted octanol–water partition coefficient (Wildman–Crippen LogP) is 5.76. The van der Waals surface area contributed by atoms with Crippen LogP contribution in [0.25, 0.3) is 0 Å². The molecule has 33 heavy (non-hydrogen) atoms. The maximum Gasteiger partial charge on any atom is 0.255 e. The van der Waals surface area contributed by atoms with Crippen molar-refractivity contribution in [2.24, 2.45) is 0 Å². The zero-order valence-corrected chi connectivity index (χ0v) is 20.3. The van der Waals surface area contributed by atoms with Gasteiger partial charge in [0.1, 0.15) is 11.8 Å². The highest BCUT2D eigenvalue weighted by atomic mass is 35.5. The number of nitrogens with one attached hydrogen (secondary N) is 2. The molecule has 1 aliphatic heterocycles. The van der Waals surface area contributed by atoms with E-state index in [0.29, 0.717) is 38.8 Å². The fourth-order valence-corrected chi connectivity index (χ4v) is 4.83. The van der Waals surface area contributed by atoms with Crippen molar-refractivity contribution < 1.29 is 9.53 Å². The van der Waals surface area contributed by atoms with Crippen molar-refractivity contribution in [1.82, 2.24) is 14.8 Å². The number of amides is 1. The Morgan fingerprint density at radius 1 is 1.27 bits per heavy atom. The number of anilines is 2. The van der Waals surface area contributed by atoms with Crippen LogP contribution in [0, 0.1) is 0 Å². The molecule has 1 atom stereocenters. The molecule has 0 aliphatic carbocycles. The van der Waals surface area contributed by atoms with E-state index in [4.69, 9.17) is 21.4 Å². The summed E-state index contributed by atoms with van der Waals surface area (Å²) >= 11 is 7.93. The zero-order chi connectivity index (χ0) is 23.4. The van der Waals surface area contributed by atoms with E-state index in [1.807, 2.05) is 43.3 Å². The molecular weight excluding hydrogens is 458 g/mol. The van der Waals surface area contributed by atoms with Crippen LogP contribution in [0.2, 0.25) is 5.02 Å². The molecule has 1 amide bonds. The Balaban J connectivity index is 1.74. The van der Waals surface area contributed by atoms with Gasteiger partial charge in [0.2, 0.25) is 11.1 Å². The van der Waals surface area contributed by atoms with Gasteiger partial charge in [0.05, 0.1) is 18.4 Å². The Morgan fingerprint density at radius 2 is 2.09 bits per heavy atom. The number of aromatic nitrogens is 3. The molecule has 0 fully saturated rings. The number of fused-ring (bicyclic) bond motifs is 1. The first-order valence-electron chi connectivity index (χ1n) is 10.8. The van der Waals surface area contributed by atoms with E-state index in [2.05, 4.69) is 22.5 Å². The second-order valence-electron chi connectivity index (χ2n) is 7.64. The number of ether oxygens (including phenoxy) is 1. The summed E-state index contributed by atoms with van der Waals surface area (Å²) in [6.07, 6.45) is 2.20. The molecule has 0 radical (unpaired) electrons. The van der Waals surface area contributed by atoms with Crippen LogP contribution in [-0.4, -0.2) is 33.5 Å². The standard InChI is InChI=1S/C24H26ClN5O2S/c1-4-5-13-33-24-28-23-26-15(2)20(22(31)27-18-11-6-7-12-19(18)32-3)21(30(23)29-24)16-9-8-10-17(25)14-16/h6-12,14,21H,4-5,13H2,1-3H3,(H,27,31)(H,26,28,29). The Hall–Kier alpha value is -2.97. The van der Waals surface area contributed by atoms with Gasteiger partial charge in [0.15, 0.2) is 0 Å². The number of carbonyl (C=O) groups excluding carboxylic acids is 1. The number of unbranched alkanes of at least 4 members (excludes halogenated alkanes) is 1.